The van der Waals surface area contributed by atoms with Gasteiger partial charge in [-0.2, -0.15) is 0 Å². The van der Waals surface area contributed by atoms with E-state index in [2.05, 4.69) is 23.5 Å². The summed E-state index contributed by atoms with van der Waals surface area (Å²) >= 11 is 18.1. The number of benzene rings is 2. The molecule has 0 aromatic heterocycles. The number of hydrogen-bond acceptors (Lipinski definition) is 2. The van der Waals surface area contributed by atoms with Gasteiger partial charge in [0.25, 0.3) is 0 Å². The molecule has 0 amide bonds. The zero-order valence-electron chi connectivity index (χ0n) is 13.7. The van der Waals surface area contributed by atoms with Crippen molar-refractivity contribution < 1.29 is 5.11 Å². The molecule has 3 rings (SSSR count). The van der Waals surface area contributed by atoms with Gasteiger partial charge in [0, 0.05) is 27.7 Å². The van der Waals surface area contributed by atoms with E-state index in [1.54, 1.807) is 18.2 Å². The van der Waals surface area contributed by atoms with Crippen LogP contribution in [0.5, 0.6) is 0 Å². The number of aliphatic hydroxyl groups is 1. The van der Waals surface area contributed by atoms with Gasteiger partial charge in [-0.05, 0) is 60.2 Å². The molecule has 2 nitrogen and oxygen atoms in total. The molecule has 0 fully saturated rings. The van der Waals surface area contributed by atoms with Crippen LogP contribution in [0.25, 0.3) is 5.57 Å². The number of aliphatic hydroxyl groups excluding tert-OH is 1. The van der Waals surface area contributed by atoms with Crippen LogP contribution in [-0.4, -0.2) is 17.7 Å². The van der Waals surface area contributed by atoms with Gasteiger partial charge in [-0.15, -0.1) is 0 Å². The Labute approximate surface area is 163 Å². The van der Waals surface area contributed by atoms with Gasteiger partial charge < -0.3 is 10.4 Å². The van der Waals surface area contributed by atoms with Crippen molar-refractivity contribution in [3.05, 3.63) is 74.7 Å². The number of halogens is 3. The Balaban J connectivity index is 1.58. The molecule has 25 heavy (non-hydrogen) atoms. The van der Waals surface area contributed by atoms with Gasteiger partial charge in [0.2, 0.25) is 0 Å². The lowest BCUT2D eigenvalue weighted by Gasteiger charge is -2.25. The van der Waals surface area contributed by atoms with E-state index in [0.717, 1.165) is 30.0 Å². The van der Waals surface area contributed by atoms with Gasteiger partial charge >= 0.3 is 0 Å². The molecule has 132 valence electrons. The van der Waals surface area contributed by atoms with E-state index in [-0.39, 0.29) is 0 Å². The molecule has 0 bridgehead atoms. The predicted molar refractivity (Wildman–Crippen MR) is 106 cm³/mol. The summed E-state index contributed by atoms with van der Waals surface area (Å²) in [4.78, 5) is 0. The minimum atomic E-state index is -0.587. The second kappa shape index (κ2) is 8.57. The highest BCUT2D eigenvalue weighted by Gasteiger charge is 2.19. The molecule has 2 atom stereocenters. The van der Waals surface area contributed by atoms with Crippen LogP contribution in [0.4, 0.5) is 0 Å². The van der Waals surface area contributed by atoms with Crippen molar-refractivity contribution in [2.24, 2.45) is 0 Å². The highest BCUT2D eigenvalue weighted by Crippen LogP contribution is 2.31. The predicted octanol–water partition coefficient (Wildman–Crippen LogP) is 5.91. The second-order valence-corrected chi connectivity index (χ2v) is 7.58. The van der Waals surface area contributed by atoms with Crippen molar-refractivity contribution in [1.29, 1.82) is 0 Å². The van der Waals surface area contributed by atoms with Gasteiger partial charge in [-0.1, -0.05) is 59.1 Å². The van der Waals surface area contributed by atoms with Crippen LogP contribution in [0.1, 0.15) is 36.5 Å². The van der Waals surface area contributed by atoms with Crippen LogP contribution in [0, 0.1) is 0 Å². The quantitative estimate of drug-likeness (QED) is 0.659. The molecular formula is C20H20Cl3NO. The number of hydrogen-bond donors (Lipinski definition) is 2. The first kappa shape index (κ1) is 18.8. The summed E-state index contributed by atoms with van der Waals surface area (Å²) in [6.07, 6.45) is 4.07. The average molecular weight is 397 g/mol. The van der Waals surface area contributed by atoms with E-state index in [4.69, 9.17) is 34.8 Å². The molecule has 0 radical (unpaired) electrons. The third-order valence-corrected chi connectivity index (χ3v) is 5.36. The van der Waals surface area contributed by atoms with E-state index < -0.39 is 6.10 Å². The minimum absolute atomic E-state index is 0.330. The largest absolute Gasteiger partial charge is 0.388 e. The zero-order chi connectivity index (χ0) is 17.8. The van der Waals surface area contributed by atoms with E-state index in [0.29, 0.717) is 22.5 Å². The highest BCUT2D eigenvalue weighted by molar-refractivity contribution is 6.35. The molecule has 5 heteroatoms. The maximum atomic E-state index is 10.5. The lowest BCUT2D eigenvalue weighted by molar-refractivity contribution is 0.159. The minimum Gasteiger partial charge on any atom is -0.388 e. The van der Waals surface area contributed by atoms with Crippen molar-refractivity contribution in [2.75, 3.05) is 6.54 Å². The first-order valence-electron chi connectivity index (χ1n) is 8.34. The standard InChI is InChI=1S/C20H20Cl3NO/c21-15-3-1-13(2-4-15)14-9-10-24-17(11-14)6-8-20(25)18-7-5-16(22)12-19(18)23/h1-5,7,9,12,17,20,24-25H,6,8,10-11H2. The van der Waals surface area contributed by atoms with E-state index in [9.17, 15) is 5.11 Å². The van der Waals surface area contributed by atoms with E-state index in [1.807, 2.05) is 12.1 Å². The Morgan fingerprint density at radius 2 is 1.76 bits per heavy atom. The van der Waals surface area contributed by atoms with Gasteiger partial charge in [-0.25, -0.2) is 0 Å². The summed E-state index contributed by atoms with van der Waals surface area (Å²) in [5.41, 5.74) is 3.26. The van der Waals surface area contributed by atoms with Gasteiger partial charge in [0.05, 0.1) is 6.10 Å². The van der Waals surface area contributed by atoms with Crippen LogP contribution in [0.3, 0.4) is 0 Å². The third-order valence-electron chi connectivity index (χ3n) is 4.55. The number of nitrogens with one attached hydrogen (secondary N) is 1. The normalized spacial score (nSPS) is 18.7. The maximum absolute atomic E-state index is 10.5. The second-order valence-electron chi connectivity index (χ2n) is 6.30. The fourth-order valence-electron chi connectivity index (χ4n) is 3.16. The van der Waals surface area contributed by atoms with Crippen LogP contribution in [0.15, 0.2) is 48.5 Å². The molecule has 2 aromatic carbocycles. The summed E-state index contributed by atoms with van der Waals surface area (Å²) < 4.78 is 0. The van der Waals surface area contributed by atoms with Crippen molar-refractivity contribution >= 4 is 40.4 Å². The Hall–Kier alpha value is -1.03. The van der Waals surface area contributed by atoms with Crippen LogP contribution in [-0.2, 0) is 0 Å². The Kier molecular flexibility index (Phi) is 6.43. The van der Waals surface area contributed by atoms with Crippen LogP contribution < -0.4 is 5.32 Å². The topological polar surface area (TPSA) is 32.3 Å². The highest BCUT2D eigenvalue weighted by atomic mass is 35.5. The Bertz CT molecular complexity index is 758. The molecule has 0 saturated heterocycles. The third kappa shape index (κ3) is 4.99. The molecule has 2 unspecified atom stereocenters. The summed E-state index contributed by atoms with van der Waals surface area (Å²) in [5, 5.41) is 15.8. The first-order valence-corrected chi connectivity index (χ1v) is 9.47. The first-order chi connectivity index (χ1) is 12.0. The average Bonchev–Trinajstić information content (AvgIpc) is 2.60. The van der Waals surface area contributed by atoms with Gasteiger partial charge in [0.1, 0.15) is 0 Å². The molecule has 2 N–H and O–H groups in total. The number of rotatable bonds is 5. The summed E-state index contributed by atoms with van der Waals surface area (Å²) in [7, 11) is 0. The summed E-state index contributed by atoms with van der Waals surface area (Å²) in [6, 6.07) is 13.5. The summed E-state index contributed by atoms with van der Waals surface area (Å²) in [5.74, 6) is 0. The lowest BCUT2D eigenvalue weighted by atomic mass is 9.91. The van der Waals surface area contributed by atoms with E-state index in [1.165, 1.54) is 11.1 Å². The smallest absolute Gasteiger partial charge is 0.0805 e. The Morgan fingerprint density at radius 1 is 1.04 bits per heavy atom. The molecule has 1 heterocycles. The monoisotopic (exact) mass is 395 g/mol. The molecule has 0 aliphatic carbocycles. The Morgan fingerprint density at radius 3 is 2.48 bits per heavy atom. The van der Waals surface area contributed by atoms with Crippen molar-refractivity contribution in [2.45, 2.75) is 31.4 Å². The SMILES string of the molecule is OC(CCC1CC(c2ccc(Cl)cc2)=CCN1)c1ccc(Cl)cc1Cl. The fourth-order valence-corrected chi connectivity index (χ4v) is 3.82. The lowest BCUT2D eigenvalue weighted by Crippen LogP contribution is -2.33. The van der Waals surface area contributed by atoms with Crippen molar-refractivity contribution in [3.63, 3.8) is 0 Å². The van der Waals surface area contributed by atoms with Gasteiger partial charge in [0.15, 0.2) is 0 Å². The van der Waals surface area contributed by atoms with Crippen LogP contribution >= 0.6 is 34.8 Å². The van der Waals surface area contributed by atoms with Gasteiger partial charge in [-0.3, -0.25) is 0 Å². The molecule has 2 aromatic rings. The van der Waals surface area contributed by atoms with E-state index >= 15 is 0 Å². The molecule has 1 aliphatic rings. The van der Waals surface area contributed by atoms with Crippen molar-refractivity contribution in [1.82, 2.24) is 5.32 Å². The molecule has 0 saturated carbocycles. The van der Waals surface area contributed by atoms with Crippen LogP contribution in [0.2, 0.25) is 15.1 Å². The molecular weight excluding hydrogens is 377 g/mol. The summed E-state index contributed by atoms with van der Waals surface area (Å²) in [6.45, 7) is 0.834. The molecule has 1 aliphatic heterocycles. The zero-order valence-corrected chi connectivity index (χ0v) is 16.0. The van der Waals surface area contributed by atoms with Crippen molar-refractivity contribution in [3.8, 4) is 0 Å². The molecule has 0 spiro atoms. The fraction of sp³-hybridized carbons (Fsp3) is 0.300. The maximum Gasteiger partial charge on any atom is 0.0805 e.